The van der Waals surface area contributed by atoms with Crippen LogP contribution in [0.25, 0.3) is 0 Å². The summed E-state index contributed by atoms with van der Waals surface area (Å²) in [5, 5.41) is 11.6. The Hall–Kier alpha value is -1.84. The number of non-ortho nitro benzene ring substituents is 1. The Morgan fingerprint density at radius 3 is 2.15 bits per heavy atom. The van der Waals surface area contributed by atoms with Gasteiger partial charge < -0.3 is 4.52 Å². The van der Waals surface area contributed by atoms with Gasteiger partial charge in [0.05, 0.1) is 4.92 Å². The fraction of sp³-hybridized carbons (Fsp3) is 0.0769. The van der Waals surface area contributed by atoms with E-state index in [1.54, 1.807) is 24.3 Å². The fourth-order valence-electron chi connectivity index (χ4n) is 1.59. The number of hydrogen-bond acceptors (Lipinski definition) is 4. The van der Waals surface area contributed by atoms with E-state index < -0.39 is 12.3 Å². The number of benzene rings is 2. The lowest BCUT2D eigenvalue weighted by Gasteiger charge is -2.15. The topological polar surface area (TPSA) is 69.4 Å². The molecule has 2 aromatic carbocycles. The second kappa shape index (κ2) is 5.65. The zero-order chi connectivity index (χ0) is 14.8. The molecule has 0 aliphatic carbocycles. The standard InChI is InChI=1S/C13H11ClNO4P/c1-20(18,13-8-2-10(14)3-9-13)19-12-6-4-11(5-7-12)15(16)17/h2-9H,1H3. The van der Waals surface area contributed by atoms with Crippen LogP contribution in [0.3, 0.4) is 0 Å². The van der Waals surface area contributed by atoms with Crippen LogP contribution in [0.2, 0.25) is 5.02 Å². The maximum Gasteiger partial charge on any atom is 0.274 e. The first-order chi connectivity index (χ1) is 9.38. The third kappa shape index (κ3) is 3.38. The molecule has 0 saturated heterocycles. The molecule has 20 heavy (non-hydrogen) atoms. The van der Waals surface area contributed by atoms with Crippen molar-refractivity contribution in [3.8, 4) is 5.75 Å². The van der Waals surface area contributed by atoms with Crippen LogP contribution in [0.4, 0.5) is 5.69 Å². The summed E-state index contributed by atoms with van der Waals surface area (Å²) in [7, 11) is -3.05. The van der Waals surface area contributed by atoms with Gasteiger partial charge in [0, 0.05) is 29.1 Å². The van der Waals surface area contributed by atoms with Crippen molar-refractivity contribution in [3.63, 3.8) is 0 Å². The third-order valence-corrected chi connectivity index (χ3v) is 4.67. The van der Waals surface area contributed by atoms with Gasteiger partial charge in [-0.2, -0.15) is 0 Å². The van der Waals surface area contributed by atoms with Crippen LogP contribution in [0, 0.1) is 10.1 Å². The molecular weight excluding hydrogens is 301 g/mol. The first kappa shape index (κ1) is 14.6. The van der Waals surface area contributed by atoms with E-state index in [1.165, 1.54) is 30.9 Å². The van der Waals surface area contributed by atoms with E-state index in [2.05, 4.69) is 0 Å². The molecule has 0 spiro atoms. The molecule has 1 unspecified atom stereocenters. The van der Waals surface area contributed by atoms with Gasteiger partial charge in [0.25, 0.3) is 13.1 Å². The number of rotatable bonds is 4. The van der Waals surface area contributed by atoms with Gasteiger partial charge in [-0.25, -0.2) is 0 Å². The lowest BCUT2D eigenvalue weighted by atomic mass is 10.3. The minimum absolute atomic E-state index is 0.0465. The van der Waals surface area contributed by atoms with Crippen LogP contribution in [-0.2, 0) is 4.57 Å². The maximum absolute atomic E-state index is 12.5. The molecule has 0 bridgehead atoms. The van der Waals surface area contributed by atoms with Gasteiger partial charge in [-0.15, -0.1) is 0 Å². The van der Waals surface area contributed by atoms with Gasteiger partial charge in [-0.05, 0) is 36.4 Å². The van der Waals surface area contributed by atoms with E-state index in [0.29, 0.717) is 16.1 Å². The Labute approximate surface area is 120 Å². The van der Waals surface area contributed by atoms with Crippen molar-refractivity contribution in [1.82, 2.24) is 0 Å². The summed E-state index contributed by atoms with van der Waals surface area (Å²) < 4.78 is 18.0. The van der Waals surface area contributed by atoms with E-state index in [-0.39, 0.29) is 5.69 Å². The van der Waals surface area contributed by atoms with Crippen molar-refractivity contribution in [1.29, 1.82) is 0 Å². The Bertz CT molecular complexity index is 670. The van der Waals surface area contributed by atoms with E-state index in [0.717, 1.165) is 0 Å². The van der Waals surface area contributed by atoms with Crippen molar-refractivity contribution in [2.75, 3.05) is 6.66 Å². The lowest BCUT2D eigenvalue weighted by Crippen LogP contribution is -2.08. The van der Waals surface area contributed by atoms with Gasteiger partial charge in [0.1, 0.15) is 5.75 Å². The third-order valence-electron chi connectivity index (χ3n) is 2.62. The number of nitro groups is 1. The minimum Gasteiger partial charge on any atom is -0.440 e. The summed E-state index contributed by atoms with van der Waals surface area (Å²) in [4.78, 5) is 10.0. The average Bonchev–Trinajstić information content (AvgIpc) is 2.39. The smallest absolute Gasteiger partial charge is 0.274 e. The van der Waals surface area contributed by atoms with Crippen molar-refractivity contribution in [3.05, 3.63) is 63.7 Å². The second-order valence-electron chi connectivity index (χ2n) is 4.16. The molecule has 0 aromatic heterocycles. The number of halogens is 1. The maximum atomic E-state index is 12.5. The molecule has 0 radical (unpaired) electrons. The SMILES string of the molecule is CP(=O)(Oc1ccc([N+](=O)[O-])cc1)c1ccc(Cl)cc1. The highest BCUT2D eigenvalue weighted by Crippen LogP contribution is 2.42. The Morgan fingerprint density at radius 2 is 1.65 bits per heavy atom. The van der Waals surface area contributed by atoms with Crippen LogP contribution in [0.1, 0.15) is 0 Å². The molecule has 0 aliphatic heterocycles. The molecular formula is C13H11ClNO4P. The van der Waals surface area contributed by atoms with Crippen molar-refractivity contribution in [2.24, 2.45) is 0 Å². The highest BCUT2D eigenvalue weighted by atomic mass is 35.5. The Balaban J connectivity index is 2.21. The first-order valence-corrected chi connectivity index (χ1v) is 8.11. The monoisotopic (exact) mass is 311 g/mol. The van der Waals surface area contributed by atoms with Crippen molar-refractivity contribution in [2.45, 2.75) is 0 Å². The molecule has 1 atom stereocenters. The van der Waals surface area contributed by atoms with E-state index in [1.807, 2.05) is 0 Å². The second-order valence-corrected chi connectivity index (χ2v) is 6.99. The first-order valence-electron chi connectivity index (χ1n) is 5.66. The van der Waals surface area contributed by atoms with Gasteiger partial charge in [0.2, 0.25) is 0 Å². The van der Waals surface area contributed by atoms with Gasteiger partial charge in [-0.3, -0.25) is 14.7 Å². The molecule has 104 valence electrons. The summed E-state index contributed by atoms with van der Waals surface area (Å²) in [6.45, 7) is 1.48. The zero-order valence-electron chi connectivity index (χ0n) is 10.5. The summed E-state index contributed by atoms with van der Waals surface area (Å²) in [6.07, 6.45) is 0. The van der Waals surface area contributed by atoms with E-state index in [9.17, 15) is 14.7 Å². The highest BCUT2D eigenvalue weighted by molar-refractivity contribution is 7.66. The normalized spacial score (nSPS) is 13.5. The number of nitro benzene ring substituents is 1. The van der Waals surface area contributed by atoms with Gasteiger partial charge in [-0.1, -0.05) is 11.6 Å². The fourth-order valence-corrected chi connectivity index (χ4v) is 3.04. The van der Waals surface area contributed by atoms with E-state index >= 15 is 0 Å². The van der Waals surface area contributed by atoms with Crippen molar-refractivity contribution >= 4 is 30.0 Å². The van der Waals surface area contributed by atoms with Crippen LogP contribution < -0.4 is 9.83 Å². The van der Waals surface area contributed by atoms with Crippen LogP contribution in [-0.4, -0.2) is 11.6 Å². The number of hydrogen-bond donors (Lipinski definition) is 0. The molecule has 0 aliphatic rings. The molecule has 0 amide bonds. The molecule has 0 saturated carbocycles. The largest absolute Gasteiger partial charge is 0.440 e. The molecule has 2 aromatic rings. The van der Waals surface area contributed by atoms with Crippen LogP contribution in [0.5, 0.6) is 5.75 Å². The van der Waals surface area contributed by atoms with Gasteiger partial charge in [0.15, 0.2) is 0 Å². The zero-order valence-corrected chi connectivity index (χ0v) is 12.2. The Kier molecular flexibility index (Phi) is 4.12. The molecule has 7 heteroatoms. The molecule has 0 fully saturated rings. The summed E-state index contributed by atoms with van der Waals surface area (Å²) in [5.74, 6) is 0.316. The number of nitrogens with zero attached hydrogens (tertiary/aromatic N) is 1. The quantitative estimate of drug-likeness (QED) is 0.488. The van der Waals surface area contributed by atoms with Crippen LogP contribution >= 0.6 is 19.0 Å². The Morgan fingerprint density at radius 1 is 1.10 bits per heavy atom. The van der Waals surface area contributed by atoms with E-state index in [4.69, 9.17) is 16.1 Å². The lowest BCUT2D eigenvalue weighted by molar-refractivity contribution is -0.384. The summed E-state index contributed by atoms with van der Waals surface area (Å²) in [6, 6.07) is 12.0. The minimum atomic E-state index is -3.05. The molecule has 0 N–H and O–H groups in total. The average molecular weight is 312 g/mol. The summed E-state index contributed by atoms with van der Waals surface area (Å²) >= 11 is 5.77. The summed E-state index contributed by atoms with van der Waals surface area (Å²) in [5.41, 5.74) is -0.0465. The van der Waals surface area contributed by atoms with Crippen LogP contribution in [0.15, 0.2) is 48.5 Å². The van der Waals surface area contributed by atoms with Gasteiger partial charge >= 0.3 is 0 Å². The van der Waals surface area contributed by atoms with Crippen molar-refractivity contribution < 1.29 is 14.0 Å². The predicted octanol–water partition coefficient (Wildman–Crippen LogP) is 3.86. The molecule has 5 nitrogen and oxygen atoms in total. The predicted molar refractivity (Wildman–Crippen MR) is 78.3 cm³/mol. The highest BCUT2D eigenvalue weighted by Gasteiger charge is 2.21. The molecule has 2 rings (SSSR count). The molecule has 0 heterocycles.